The van der Waals surface area contributed by atoms with Crippen LogP contribution in [0.25, 0.3) is 0 Å². The first kappa shape index (κ1) is 18.7. The van der Waals surface area contributed by atoms with Gasteiger partial charge in [-0.3, -0.25) is 4.90 Å². The molecule has 23 heavy (non-hydrogen) atoms. The van der Waals surface area contributed by atoms with Gasteiger partial charge in [0.05, 0.1) is 33.2 Å². The number of likely N-dealkylation sites (N-methyl/N-ethyl adjacent to an activating group) is 1. The second-order valence-electron chi connectivity index (χ2n) is 6.78. The predicted molar refractivity (Wildman–Crippen MR) is 93.2 cm³/mol. The third kappa shape index (κ3) is 4.69. The van der Waals surface area contributed by atoms with Crippen molar-refractivity contribution < 1.29 is 28.5 Å². The Morgan fingerprint density at radius 1 is 0.870 bits per heavy atom. The zero-order chi connectivity index (χ0) is 15.6. The lowest BCUT2D eigenvalue weighted by molar-refractivity contribution is -0.894. The molecule has 1 unspecified atom stereocenters. The molecular weight excluding hydrogens is 419 g/mol. The Hall–Kier alpha value is -0.620. The van der Waals surface area contributed by atoms with E-state index in [9.17, 15) is 0 Å². The van der Waals surface area contributed by atoms with Crippen LogP contribution in [0.1, 0.15) is 17.2 Å². The summed E-state index contributed by atoms with van der Waals surface area (Å²) >= 11 is 6.07. The number of hydrogen-bond donors (Lipinski definition) is 0. The molecule has 0 aromatic heterocycles. The lowest BCUT2D eigenvalue weighted by atomic mass is 9.96. The van der Waals surface area contributed by atoms with E-state index >= 15 is 0 Å². The highest BCUT2D eigenvalue weighted by Crippen LogP contribution is 2.30. The molecule has 1 atom stereocenters. The van der Waals surface area contributed by atoms with Gasteiger partial charge in [-0.25, -0.2) is 0 Å². The van der Waals surface area contributed by atoms with Gasteiger partial charge in [0, 0.05) is 18.1 Å². The van der Waals surface area contributed by atoms with Crippen molar-refractivity contribution in [3.05, 3.63) is 70.7 Å². The predicted octanol–water partition coefficient (Wildman–Crippen LogP) is 0.825. The van der Waals surface area contributed by atoms with E-state index in [1.165, 1.54) is 24.2 Å². The van der Waals surface area contributed by atoms with E-state index in [0.717, 1.165) is 22.6 Å². The Morgan fingerprint density at radius 3 is 1.96 bits per heavy atom. The number of benzene rings is 2. The molecule has 2 aromatic carbocycles. The first-order valence-electron chi connectivity index (χ1n) is 7.92. The highest BCUT2D eigenvalue weighted by Gasteiger charge is 2.30. The summed E-state index contributed by atoms with van der Waals surface area (Å²) in [6, 6.07) is 19.4. The zero-order valence-corrected chi connectivity index (χ0v) is 16.7. The van der Waals surface area contributed by atoms with Crippen LogP contribution in [0.3, 0.4) is 0 Å². The Kier molecular flexibility index (Phi) is 6.48. The van der Waals surface area contributed by atoms with Gasteiger partial charge in [0.2, 0.25) is 0 Å². The third-order valence-corrected chi connectivity index (χ3v) is 4.90. The van der Waals surface area contributed by atoms with Crippen LogP contribution < -0.4 is 24.0 Å². The highest BCUT2D eigenvalue weighted by atomic mass is 127. The van der Waals surface area contributed by atoms with Crippen LogP contribution in [0.2, 0.25) is 5.02 Å². The Balaban J connectivity index is 0.00000192. The molecule has 0 radical (unpaired) electrons. The summed E-state index contributed by atoms with van der Waals surface area (Å²) in [6.07, 6.45) is 0. The van der Waals surface area contributed by atoms with Crippen LogP contribution in [0.15, 0.2) is 54.6 Å². The molecule has 1 saturated heterocycles. The van der Waals surface area contributed by atoms with Crippen LogP contribution in [0.5, 0.6) is 0 Å². The maximum Gasteiger partial charge on any atom is 0.0912 e. The minimum Gasteiger partial charge on any atom is -1.00 e. The average molecular weight is 443 g/mol. The molecule has 1 heterocycles. The zero-order valence-electron chi connectivity index (χ0n) is 13.8. The van der Waals surface area contributed by atoms with Crippen molar-refractivity contribution in [2.75, 3.05) is 40.3 Å². The van der Waals surface area contributed by atoms with Crippen molar-refractivity contribution >= 4 is 11.6 Å². The second kappa shape index (κ2) is 7.97. The van der Waals surface area contributed by atoms with Gasteiger partial charge in [-0.05, 0) is 23.3 Å². The monoisotopic (exact) mass is 442 g/mol. The normalized spacial score (nSPS) is 18.9. The van der Waals surface area contributed by atoms with E-state index in [1.807, 2.05) is 12.1 Å². The quantitative estimate of drug-likeness (QED) is 0.503. The molecule has 1 aliphatic rings. The summed E-state index contributed by atoms with van der Waals surface area (Å²) in [5, 5.41) is 0.798. The molecule has 124 valence electrons. The minimum absolute atomic E-state index is 0. The van der Waals surface area contributed by atoms with Gasteiger partial charge >= 0.3 is 0 Å². The maximum absolute atomic E-state index is 6.07. The van der Waals surface area contributed by atoms with E-state index in [1.54, 1.807) is 0 Å². The van der Waals surface area contributed by atoms with E-state index in [4.69, 9.17) is 11.6 Å². The Bertz CT molecular complexity index is 603. The van der Waals surface area contributed by atoms with Gasteiger partial charge in [0.1, 0.15) is 0 Å². The fourth-order valence-corrected chi connectivity index (χ4v) is 3.30. The van der Waals surface area contributed by atoms with Crippen LogP contribution in [0, 0.1) is 0 Å². The summed E-state index contributed by atoms with van der Waals surface area (Å²) in [6.45, 7) is 4.62. The smallest absolute Gasteiger partial charge is 0.0912 e. The number of piperazine rings is 1. The molecule has 3 rings (SSSR count). The SMILES string of the molecule is C[N+]1(C)CCN(C(c2ccccc2)c2ccc(Cl)cc2)CC1.[I-]. The van der Waals surface area contributed by atoms with E-state index in [2.05, 4.69) is 61.5 Å². The number of hydrogen-bond acceptors (Lipinski definition) is 1. The molecule has 0 N–H and O–H groups in total. The van der Waals surface area contributed by atoms with Gasteiger partial charge in [-0.1, -0.05) is 54.1 Å². The summed E-state index contributed by atoms with van der Waals surface area (Å²) in [5.74, 6) is 0. The summed E-state index contributed by atoms with van der Waals surface area (Å²) < 4.78 is 1.11. The van der Waals surface area contributed by atoms with Crippen LogP contribution in [-0.4, -0.2) is 49.7 Å². The molecule has 0 bridgehead atoms. The van der Waals surface area contributed by atoms with Crippen LogP contribution >= 0.6 is 11.6 Å². The number of halogens is 2. The highest BCUT2D eigenvalue weighted by molar-refractivity contribution is 6.30. The van der Waals surface area contributed by atoms with Crippen molar-refractivity contribution in [2.45, 2.75) is 6.04 Å². The van der Waals surface area contributed by atoms with Gasteiger partial charge in [0.25, 0.3) is 0 Å². The van der Waals surface area contributed by atoms with Gasteiger partial charge < -0.3 is 28.5 Å². The fraction of sp³-hybridized carbons (Fsp3) is 0.368. The molecule has 4 heteroatoms. The minimum atomic E-state index is 0. The van der Waals surface area contributed by atoms with E-state index in [-0.39, 0.29) is 24.0 Å². The van der Waals surface area contributed by atoms with Crippen molar-refractivity contribution in [1.29, 1.82) is 0 Å². The summed E-state index contributed by atoms with van der Waals surface area (Å²) in [4.78, 5) is 2.60. The standard InChI is InChI=1S/C19H24ClN2.HI/c1-22(2)14-12-21(13-15-22)19(16-6-4-3-5-7-16)17-8-10-18(20)11-9-17;/h3-11,19H,12-15H2,1-2H3;1H/q+1;/p-1. The van der Waals surface area contributed by atoms with Crippen LogP contribution in [0.4, 0.5) is 0 Å². The molecular formula is C19H24ClIN2. The average Bonchev–Trinajstić information content (AvgIpc) is 2.52. The molecule has 1 aliphatic heterocycles. The number of quaternary nitrogens is 1. The largest absolute Gasteiger partial charge is 1.00 e. The first-order chi connectivity index (χ1) is 10.6. The molecule has 2 aromatic rings. The van der Waals surface area contributed by atoms with Crippen molar-refractivity contribution in [3.63, 3.8) is 0 Å². The Labute approximate surface area is 161 Å². The molecule has 0 saturated carbocycles. The van der Waals surface area contributed by atoms with Crippen molar-refractivity contribution in [1.82, 2.24) is 4.90 Å². The second-order valence-corrected chi connectivity index (χ2v) is 7.22. The molecule has 2 nitrogen and oxygen atoms in total. The summed E-state index contributed by atoms with van der Waals surface area (Å²) in [7, 11) is 4.63. The summed E-state index contributed by atoms with van der Waals surface area (Å²) in [5.41, 5.74) is 2.68. The maximum atomic E-state index is 6.07. The van der Waals surface area contributed by atoms with Crippen molar-refractivity contribution in [2.24, 2.45) is 0 Å². The number of rotatable bonds is 3. The van der Waals surface area contributed by atoms with E-state index in [0.29, 0.717) is 6.04 Å². The molecule has 0 spiro atoms. The molecule has 0 aliphatic carbocycles. The lowest BCUT2D eigenvalue weighted by Gasteiger charge is -2.42. The lowest BCUT2D eigenvalue weighted by Crippen LogP contribution is -3.00. The van der Waals surface area contributed by atoms with Crippen molar-refractivity contribution in [3.8, 4) is 0 Å². The van der Waals surface area contributed by atoms with E-state index < -0.39 is 0 Å². The van der Waals surface area contributed by atoms with Gasteiger partial charge in [0.15, 0.2) is 0 Å². The number of nitrogens with zero attached hydrogens (tertiary/aromatic N) is 2. The first-order valence-corrected chi connectivity index (χ1v) is 8.29. The van der Waals surface area contributed by atoms with Gasteiger partial charge in [-0.15, -0.1) is 0 Å². The van der Waals surface area contributed by atoms with Gasteiger partial charge in [-0.2, -0.15) is 0 Å². The topological polar surface area (TPSA) is 3.24 Å². The molecule has 0 amide bonds. The van der Waals surface area contributed by atoms with Crippen LogP contribution in [-0.2, 0) is 0 Å². The third-order valence-electron chi connectivity index (χ3n) is 4.65. The molecule has 1 fully saturated rings. The fourth-order valence-electron chi connectivity index (χ4n) is 3.17. The Morgan fingerprint density at radius 2 is 1.39 bits per heavy atom.